The van der Waals surface area contributed by atoms with Gasteiger partial charge in [0, 0.05) is 30.4 Å². The molecule has 1 aromatic heterocycles. The second-order valence-corrected chi connectivity index (χ2v) is 8.05. The predicted molar refractivity (Wildman–Crippen MR) is 137 cm³/mol. The number of anilines is 1. The molecule has 0 aliphatic rings. The predicted octanol–water partition coefficient (Wildman–Crippen LogP) is 5.22. The SMILES string of the molecule is CCCC(=O)Nc1ccc(CNC(=O)c2cn(-c3ccccc3)nc2-c2ccccc2OC)cc1. The van der Waals surface area contributed by atoms with E-state index in [1.807, 2.05) is 85.8 Å². The van der Waals surface area contributed by atoms with E-state index in [9.17, 15) is 9.59 Å². The van der Waals surface area contributed by atoms with Crippen molar-refractivity contribution in [1.82, 2.24) is 15.1 Å². The molecule has 35 heavy (non-hydrogen) atoms. The van der Waals surface area contributed by atoms with Crippen LogP contribution in [0, 0.1) is 0 Å². The molecule has 0 saturated heterocycles. The van der Waals surface area contributed by atoms with Crippen LogP contribution in [0.4, 0.5) is 5.69 Å². The molecular formula is C28H28N4O3. The largest absolute Gasteiger partial charge is 0.496 e. The lowest BCUT2D eigenvalue weighted by molar-refractivity contribution is -0.116. The van der Waals surface area contributed by atoms with Crippen molar-refractivity contribution in [3.05, 3.63) is 96.2 Å². The summed E-state index contributed by atoms with van der Waals surface area (Å²) in [6.07, 6.45) is 3.02. The number of hydrogen-bond acceptors (Lipinski definition) is 4. The number of aromatic nitrogens is 2. The van der Waals surface area contributed by atoms with E-state index in [-0.39, 0.29) is 11.8 Å². The fourth-order valence-corrected chi connectivity index (χ4v) is 3.73. The van der Waals surface area contributed by atoms with Gasteiger partial charge in [0.1, 0.15) is 11.4 Å². The summed E-state index contributed by atoms with van der Waals surface area (Å²) in [5.74, 6) is 0.391. The molecule has 2 amide bonds. The molecule has 0 saturated carbocycles. The van der Waals surface area contributed by atoms with Gasteiger partial charge >= 0.3 is 0 Å². The number of nitrogens with one attached hydrogen (secondary N) is 2. The average Bonchev–Trinajstić information content (AvgIpc) is 3.34. The zero-order valence-corrected chi connectivity index (χ0v) is 19.8. The number of methoxy groups -OCH3 is 1. The average molecular weight is 469 g/mol. The smallest absolute Gasteiger partial charge is 0.255 e. The molecule has 0 bridgehead atoms. The van der Waals surface area contributed by atoms with E-state index < -0.39 is 0 Å². The highest BCUT2D eigenvalue weighted by atomic mass is 16.5. The van der Waals surface area contributed by atoms with Crippen LogP contribution in [-0.2, 0) is 11.3 Å². The maximum Gasteiger partial charge on any atom is 0.255 e. The van der Waals surface area contributed by atoms with Crippen LogP contribution in [0.15, 0.2) is 85.1 Å². The highest BCUT2D eigenvalue weighted by Crippen LogP contribution is 2.31. The third kappa shape index (κ3) is 5.76. The molecule has 0 aliphatic carbocycles. The van der Waals surface area contributed by atoms with Gasteiger partial charge in [0.25, 0.3) is 5.91 Å². The van der Waals surface area contributed by atoms with E-state index in [1.165, 1.54) is 0 Å². The molecule has 0 radical (unpaired) electrons. The lowest BCUT2D eigenvalue weighted by Gasteiger charge is -2.09. The van der Waals surface area contributed by atoms with Gasteiger partial charge in [-0.05, 0) is 48.4 Å². The summed E-state index contributed by atoms with van der Waals surface area (Å²) in [6, 6.07) is 24.6. The van der Waals surface area contributed by atoms with E-state index >= 15 is 0 Å². The molecule has 4 aromatic rings. The summed E-state index contributed by atoms with van der Waals surface area (Å²) >= 11 is 0. The number of hydrogen-bond donors (Lipinski definition) is 2. The normalized spacial score (nSPS) is 10.6. The first-order chi connectivity index (χ1) is 17.1. The maximum atomic E-state index is 13.3. The summed E-state index contributed by atoms with van der Waals surface area (Å²) in [6.45, 7) is 2.30. The minimum atomic E-state index is -0.242. The fourth-order valence-electron chi connectivity index (χ4n) is 3.73. The van der Waals surface area contributed by atoms with Gasteiger partial charge in [-0.25, -0.2) is 4.68 Å². The monoisotopic (exact) mass is 468 g/mol. The minimum Gasteiger partial charge on any atom is -0.496 e. The quantitative estimate of drug-likeness (QED) is 0.353. The Bertz CT molecular complexity index is 1300. The van der Waals surface area contributed by atoms with E-state index in [0.29, 0.717) is 30.0 Å². The number of ether oxygens (including phenoxy) is 1. The van der Waals surface area contributed by atoms with Crippen molar-refractivity contribution in [3.63, 3.8) is 0 Å². The van der Waals surface area contributed by atoms with E-state index in [1.54, 1.807) is 18.0 Å². The van der Waals surface area contributed by atoms with Crippen LogP contribution in [0.3, 0.4) is 0 Å². The second kappa shape index (κ2) is 11.2. The van der Waals surface area contributed by atoms with Crippen LogP contribution >= 0.6 is 0 Å². The van der Waals surface area contributed by atoms with Gasteiger partial charge < -0.3 is 15.4 Å². The first-order valence-corrected chi connectivity index (χ1v) is 11.5. The highest BCUT2D eigenvalue weighted by Gasteiger charge is 2.21. The third-order valence-electron chi connectivity index (χ3n) is 5.51. The molecule has 4 rings (SSSR count). The number of benzene rings is 3. The summed E-state index contributed by atoms with van der Waals surface area (Å²) in [5.41, 5.74) is 4.23. The van der Waals surface area contributed by atoms with Crippen LogP contribution in [0.5, 0.6) is 5.75 Å². The molecule has 7 nitrogen and oxygen atoms in total. The number of carbonyl (C=O) groups is 2. The Morgan fingerprint density at radius 3 is 2.37 bits per heavy atom. The molecule has 0 unspecified atom stereocenters. The Balaban J connectivity index is 1.56. The van der Waals surface area contributed by atoms with Gasteiger partial charge in [0.15, 0.2) is 0 Å². The van der Waals surface area contributed by atoms with Gasteiger partial charge in [-0.3, -0.25) is 9.59 Å². The van der Waals surface area contributed by atoms with Crippen molar-refractivity contribution in [3.8, 4) is 22.7 Å². The van der Waals surface area contributed by atoms with Crippen molar-refractivity contribution in [2.45, 2.75) is 26.3 Å². The van der Waals surface area contributed by atoms with Gasteiger partial charge in [-0.2, -0.15) is 5.10 Å². The maximum absolute atomic E-state index is 13.3. The number of nitrogens with zero attached hydrogens (tertiary/aromatic N) is 2. The highest BCUT2D eigenvalue weighted by molar-refractivity contribution is 6.00. The van der Waals surface area contributed by atoms with Gasteiger partial charge in [-0.15, -0.1) is 0 Å². The molecule has 3 aromatic carbocycles. The van der Waals surface area contributed by atoms with Crippen LogP contribution in [0.1, 0.15) is 35.7 Å². The van der Waals surface area contributed by atoms with Gasteiger partial charge in [0.2, 0.25) is 5.91 Å². The van der Waals surface area contributed by atoms with Crippen LogP contribution < -0.4 is 15.4 Å². The molecule has 2 N–H and O–H groups in total. The third-order valence-corrected chi connectivity index (χ3v) is 5.51. The summed E-state index contributed by atoms with van der Waals surface area (Å²) in [7, 11) is 1.60. The molecule has 0 fully saturated rings. The van der Waals surface area contributed by atoms with Crippen molar-refractivity contribution in [2.24, 2.45) is 0 Å². The topological polar surface area (TPSA) is 85.3 Å². The Morgan fingerprint density at radius 2 is 1.66 bits per heavy atom. The first kappa shape index (κ1) is 23.8. The Kier molecular flexibility index (Phi) is 7.57. The fraction of sp³-hybridized carbons (Fsp3) is 0.179. The molecule has 7 heteroatoms. The van der Waals surface area contributed by atoms with Crippen LogP contribution in [0.2, 0.25) is 0 Å². The van der Waals surface area contributed by atoms with E-state index in [0.717, 1.165) is 28.9 Å². The molecule has 178 valence electrons. The number of carbonyl (C=O) groups excluding carboxylic acids is 2. The summed E-state index contributed by atoms with van der Waals surface area (Å²) in [4.78, 5) is 25.1. The van der Waals surface area contributed by atoms with Crippen LogP contribution in [-0.4, -0.2) is 28.7 Å². The lowest BCUT2D eigenvalue weighted by Crippen LogP contribution is -2.23. The van der Waals surface area contributed by atoms with Gasteiger partial charge in [-0.1, -0.05) is 49.4 Å². The minimum absolute atomic E-state index is 0.00662. The Morgan fingerprint density at radius 1 is 0.943 bits per heavy atom. The summed E-state index contributed by atoms with van der Waals surface area (Å²) in [5, 5.41) is 10.6. The standard InChI is InChI=1S/C28H28N4O3/c1-3-9-26(33)30-21-16-14-20(15-17-21)18-29-28(34)24-19-32(22-10-5-4-6-11-22)31-27(24)23-12-7-8-13-25(23)35-2/h4-8,10-17,19H,3,9,18H2,1-2H3,(H,29,34)(H,30,33). The Labute approximate surface area is 204 Å². The molecule has 0 aliphatic heterocycles. The first-order valence-electron chi connectivity index (χ1n) is 11.5. The van der Waals surface area contributed by atoms with Gasteiger partial charge in [0.05, 0.1) is 18.4 Å². The van der Waals surface area contributed by atoms with Crippen molar-refractivity contribution in [2.75, 3.05) is 12.4 Å². The number of para-hydroxylation sites is 2. The molecule has 0 atom stereocenters. The van der Waals surface area contributed by atoms with Crippen molar-refractivity contribution >= 4 is 17.5 Å². The van der Waals surface area contributed by atoms with Crippen molar-refractivity contribution in [1.29, 1.82) is 0 Å². The number of rotatable bonds is 9. The lowest BCUT2D eigenvalue weighted by atomic mass is 10.1. The van der Waals surface area contributed by atoms with Crippen LogP contribution in [0.25, 0.3) is 16.9 Å². The molecule has 0 spiro atoms. The molecular weight excluding hydrogens is 440 g/mol. The zero-order chi connectivity index (χ0) is 24.6. The Hall–Kier alpha value is -4.39. The second-order valence-electron chi connectivity index (χ2n) is 8.05. The number of amides is 2. The van der Waals surface area contributed by atoms with E-state index in [2.05, 4.69) is 10.6 Å². The summed E-state index contributed by atoms with van der Waals surface area (Å²) < 4.78 is 7.22. The molecule has 1 heterocycles. The van der Waals surface area contributed by atoms with Crippen molar-refractivity contribution < 1.29 is 14.3 Å². The van der Waals surface area contributed by atoms with E-state index in [4.69, 9.17) is 9.84 Å². The zero-order valence-electron chi connectivity index (χ0n) is 19.8.